The van der Waals surface area contributed by atoms with Crippen molar-refractivity contribution < 1.29 is 22.4 Å². The van der Waals surface area contributed by atoms with E-state index in [4.69, 9.17) is 11.6 Å². The summed E-state index contributed by atoms with van der Waals surface area (Å²) in [4.78, 5) is 30.3. The van der Waals surface area contributed by atoms with Crippen molar-refractivity contribution in [3.63, 3.8) is 0 Å². The van der Waals surface area contributed by atoms with Crippen LogP contribution in [0.1, 0.15) is 54.4 Å². The van der Waals surface area contributed by atoms with Gasteiger partial charge in [-0.3, -0.25) is 13.9 Å². The van der Waals surface area contributed by atoms with Gasteiger partial charge in [0, 0.05) is 24.0 Å². The third-order valence-corrected chi connectivity index (χ3v) is 10.8. The lowest BCUT2D eigenvalue weighted by molar-refractivity contribution is -0.140. The average Bonchev–Trinajstić information content (AvgIpc) is 3.07. The lowest BCUT2D eigenvalue weighted by atomic mass is 9.94. The van der Waals surface area contributed by atoms with E-state index in [1.165, 1.54) is 29.2 Å². The van der Waals surface area contributed by atoms with Crippen LogP contribution in [0.2, 0.25) is 5.02 Å². The number of aryl methyl sites for hydroxylation is 2. The number of carbonyl (C=O) groups excluding carboxylic acids is 2. The topological polar surface area (TPSA) is 86.8 Å². The van der Waals surface area contributed by atoms with Gasteiger partial charge < -0.3 is 10.2 Å². The number of rotatable bonds is 12. The van der Waals surface area contributed by atoms with Crippen LogP contribution in [0.15, 0.2) is 102 Å². The van der Waals surface area contributed by atoms with Gasteiger partial charge in [-0.2, -0.15) is 0 Å². The Morgan fingerprint density at radius 3 is 2.19 bits per heavy atom. The first-order valence-corrected chi connectivity index (χ1v) is 18.1. The molecule has 1 N–H and O–H groups in total. The molecule has 0 aliphatic heterocycles. The fraction of sp³-hybridized carbons (Fsp3) is 0.316. The van der Waals surface area contributed by atoms with Crippen LogP contribution in [0.5, 0.6) is 0 Å². The van der Waals surface area contributed by atoms with Crippen LogP contribution in [-0.4, -0.2) is 43.8 Å². The number of hydrogen-bond acceptors (Lipinski definition) is 4. The van der Waals surface area contributed by atoms with E-state index < -0.39 is 34.3 Å². The van der Waals surface area contributed by atoms with E-state index in [1.807, 2.05) is 37.3 Å². The van der Waals surface area contributed by atoms with Gasteiger partial charge in [0.25, 0.3) is 10.0 Å². The molecular weight excluding hydrogens is 649 g/mol. The van der Waals surface area contributed by atoms with Crippen molar-refractivity contribution in [3.05, 3.63) is 130 Å². The quantitative estimate of drug-likeness (QED) is 0.168. The summed E-state index contributed by atoms with van der Waals surface area (Å²) in [5.74, 6) is -1.32. The van der Waals surface area contributed by atoms with Gasteiger partial charge in [0.1, 0.15) is 18.4 Å². The van der Waals surface area contributed by atoms with E-state index in [-0.39, 0.29) is 29.8 Å². The number of amides is 2. The Bertz CT molecular complexity index is 1810. The second kappa shape index (κ2) is 15.8. The number of benzene rings is 4. The summed E-state index contributed by atoms with van der Waals surface area (Å²) in [5.41, 5.74) is 3.19. The van der Waals surface area contributed by atoms with Crippen LogP contribution >= 0.6 is 11.6 Å². The first-order valence-electron chi connectivity index (χ1n) is 16.2. The highest BCUT2D eigenvalue weighted by atomic mass is 35.5. The molecule has 4 aromatic carbocycles. The summed E-state index contributed by atoms with van der Waals surface area (Å²) >= 11 is 6.25. The molecule has 1 saturated carbocycles. The zero-order valence-electron chi connectivity index (χ0n) is 27.2. The molecule has 0 saturated heterocycles. The normalized spacial score (nSPS) is 14.2. The summed E-state index contributed by atoms with van der Waals surface area (Å²) in [6, 6.07) is 25.4. The van der Waals surface area contributed by atoms with Crippen LogP contribution in [0.25, 0.3) is 0 Å². The summed E-state index contributed by atoms with van der Waals surface area (Å²) in [7, 11) is -4.25. The lowest BCUT2D eigenvalue weighted by Gasteiger charge is -2.35. The first kappa shape index (κ1) is 35.1. The van der Waals surface area contributed by atoms with Crippen LogP contribution in [0, 0.1) is 19.7 Å². The molecule has 0 aromatic heterocycles. The molecular formula is C38H41ClFN3O4S. The maximum atomic E-state index is 14.7. The van der Waals surface area contributed by atoms with E-state index in [0.717, 1.165) is 47.5 Å². The Morgan fingerprint density at radius 1 is 0.875 bits per heavy atom. The smallest absolute Gasteiger partial charge is 0.264 e. The lowest BCUT2D eigenvalue weighted by Crippen LogP contribution is -2.55. The number of halogens is 2. The van der Waals surface area contributed by atoms with Crippen molar-refractivity contribution in [2.75, 3.05) is 10.8 Å². The molecule has 0 radical (unpaired) electrons. The molecule has 2 amide bonds. The number of nitrogens with zero attached hydrogens (tertiary/aromatic N) is 2. The Labute approximate surface area is 287 Å². The molecule has 1 aliphatic rings. The Hall–Kier alpha value is -4.21. The maximum absolute atomic E-state index is 14.7. The summed E-state index contributed by atoms with van der Waals surface area (Å²) < 4.78 is 43.6. The number of anilines is 1. The highest BCUT2D eigenvalue weighted by Crippen LogP contribution is 2.30. The van der Waals surface area contributed by atoms with Crippen LogP contribution < -0.4 is 9.62 Å². The third kappa shape index (κ3) is 8.82. The van der Waals surface area contributed by atoms with E-state index >= 15 is 0 Å². The minimum absolute atomic E-state index is 0.0116. The molecule has 0 spiro atoms. The highest BCUT2D eigenvalue weighted by molar-refractivity contribution is 7.92. The molecule has 1 fully saturated rings. The van der Waals surface area contributed by atoms with Gasteiger partial charge in [0.15, 0.2) is 0 Å². The number of sulfonamides is 1. The summed E-state index contributed by atoms with van der Waals surface area (Å²) in [6.07, 6.45) is 5.06. The molecule has 252 valence electrons. The fourth-order valence-electron chi connectivity index (χ4n) is 6.13. The van der Waals surface area contributed by atoms with Crippen LogP contribution in [-0.2, 0) is 32.6 Å². The van der Waals surface area contributed by atoms with Gasteiger partial charge in [-0.1, -0.05) is 91.0 Å². The van der Waals surface area contributed by atoms with Crippen molar-refractivity contribution in [2.45, 2.75) is 75.9 Å². The van der Waals surface area contributed by atoms with Crippen LogP contribution in [0.3, 0.4) is 0 Å². The van der Waals surface area contributed by atoms with Crippen LogP contribution in [0.4, 0.5) is 10.1 Å². The fourth-order valence-corrected chi connectivity index (χ4v) is 7.84. The molecule has 0 bridgehead atoms. The minimum Gasteiger partial charge on any atom is -0.352 e. The maximum Gasteiger partial charge on any atom is 0.264 e. The summed E-state index contributed by atoms with van der Waals surface area (Å²) in [6.45, 7) is 2.98. The zero-order chi connectivity index (χ0) is 34.3. The third-order valence-electron chi connectivity index (χ3n) is 8.80. The second-order valence-electron chi connectivity index (χ2n) is 12.5. The van der Waals surface area contributed by atoms with Crippen molar-refractivity contribution in [2.24, 2.45) is 0 Å². The molecule has 1 aliphatic carbocycles. The minimum atomic E-state index is -4.25. The van der Waals surface area contributed by atoms with Gasteiger partial charge in [-0.15, -0.1) is 0 Å². The molecule has 7 nitrogen and oxygen atoms in total. The number of hydrogen-bond donors (Lipinski definition) is 1. The van der Waals surface area contributed by atoms with Crippen molar-refractivity contribution in [1.82, 2.24) is 10.2 Å². The van der Waals surface area contributed by atoms with E-state index in [1.54, 1.807) is 49.4 Å². The first-order chi connectivity index (χ1) is 23.0. The van der Waals surface area contributed by atoms with Gasteiger partial charge >= 0.3 is 0 Å². The molecule has 48 heavy (non-hydrogen) atoms. The molecule has 0 heterocycles. The predicted octanol–water partition coefficient (Wildman–Crippen LogP) is 7.38. The molecule has 10 heteroatoms. The van der Waals surface area contributed by atoms with Gasteiger partial charge in [-0.25, -0.2) is 12.8 Å². The second-order valence-corrected chi connectivity index (χ2v) is 14.8. The van der Waals surface area contributed by atoms with E-state index in [9.17, 15) is 22.4 Å². The number of carbonyl (C=O) groups is 2. The van der Waals surface area contributed by atoms with Gasteiger partial charge in [0.05, 0.1) is 10.6 Å². The van der Waals surface area contributed by atoms with Gasteiger partial charge in [-0.05, 0) is 85.8 Å². The predicted molar refractivity (Wildman–Crippen MR) is 188 cm³/mol. The summed E-state index contributed by atoms with van der Waals surface area (Å²) in [5, 5.41) is 3.62. The monoisotopic (exact) mass is 689 g/mol. The highest BCUT2D eigenvalue weighted by Gasteiger charge is 2.36. The molecule has 4 aromatic rings. The molecule has 1 unspecified atom stereocenters. The Morgan fingerprint density at radius 2 is 1.54 bits per heavy atom. The van der Waals surface area contributed by atoms with Gasteiger partial charge in [0.2, 0.25) is 11.8 Å². The SMILES string of the molecule is Cc1ccc(S(=O)(=O)N(CC(=O)N(Cc2ccc(F)cc2)C(Cc2ccccc2)C(=O)NC2CCCCC2)c2ccc(Cl)cc2C)cc1. The van der Waals surface area contributed by atoms with Crippen molar-refractivity contribution in [1.29, 1.82) is 0 Å². The zero-order valence-corrected chi connectivity index (χ0v) is 28.8. The standard InChI is InChI=1S/C38H41ClFN3O4S/c1-27-13-20-34(21-14-27)48(46,47)43(35-22-17-31(39)23-28(35)2)26-37(44)42(25-30-15-18-32(40)19-16-30)36(24-29-9-5-3-6-10-29)38(45)41-33-11-7-4-8-12-33/h3,5-6,9-10,13-23,33,36H,4,7-8,11-12,24-26H2,1-2H3,(H,41,45). The Balaban J connectivity index is 1.58. The molecule has 5 rings (SSSR count). The largest absolute Gasteiger partial charge is 0.352 e. The van der Waals surface area contributed by atoms with Crippen molar-refractivity contribution >= 4 is 39.1 Å². The molecule has 1 atom stereocenters. The van der Waals surface area contributed by atoms with E-state index in [0.29, 0.717) is 21.8 Å². The van der Waals surface area contributed by atoms with E-state index in [2.05, 4.69) is 5.32 Å². The average molecular weight is 690 g/mol. The van der Waals surface area contributed by atoms with Crippen molar-refractivity contribution in [3.8, 4) is 0 Å². The number of nitrogens with one attached hydrogen (secondary N) is 1. The Kier molecular flexibility index (Phi) is 11.5.